The Morgan fingerprint density at radius 3 is 2.58 bits per heavy atom. The van der Waals surface area contributed by atoms with Gasteiger partial charge in [-0.1, -0.05) is 30.3 Å². The Morgan fingerprint density at radius 1 is 1.38 bits per heavy atom. The van der Waals surface area contributed by atoms with Gasteiger partial charge in [-0.2, -0.15) is 4.99 Å². The van der Waals surface area contributed by atoms with Gasteiger partial charge in [0.2, 0.25) is 17.1 Å². The number of rotatable bonds is 5. The number of ether oxygens (including phenoxy) is 1. The Bertz CT molecular complexity index is 613. The molecule has 1 N–H and O–H groups in total. The number of halogens is 2. The lowest BCUT2D eigenvalue weighted by molar-refractivity contribution is -0.0000274. The smallest absolute Gasteiger partial charge is 0.408 e. The van der Waals surface area contributed by atoms with Crippen molar-refractivity contribution in [1.82, 2.24) is 5.32 Å². The van der Waals surface area contributed by atoms with Crippen molar-refractivity contribution in [2.45, 2.75) is 38.8 Å². The van der Waals surface area contributed by atoms with E-state index in [9.17, 15) is 4.79 Å². The monoisotopic (exact) mass is 388 g/mol. The third-order valence-corrected chi connectivity index (χ3v) is 4.54. The first kappa shape index (κ1) is 20.9. The van der Waals surface area contributed by atoms with Gasteiger partial charge in [-0.05, 0) is 26.3 Å². The Balaban J connectivity index is 0.00000288. The number of hydrogen-bond donors (Lipinski definition) is 1. The van der Waals surface area contributed by atoms with E-state index in [-0.39, 0.29) is 18.4 Å². The Morgan fingerprint density at radius 2 is 2.04 bits per heavy atom. The number of benzene rings is 1. The number of carbonyl (C=O) groups excluding carboxylic acids is 1. The van der Waals surface area contributed by atoms with Crippen LogP contribution in [0.4, 0.5) is 4.79 Å². The minimum absolute atomic E-state index is 0. The first-order valence-corrected chi connectivity index (χ1v) is 9.05. The maximum absolute atomic E-state index is 12.1. The van der Waals surface area contributed by atoms with E-state index >= 15 is 0 Å². The minimum atomic E-state index is -0.528. The summed E-state index contributed by atoms with van der Waals surface area (Å²) in [5, 5.41) is 2.94. The van der Waals surface area contributed by atoms with Crippen molar-refractivity contribution < 1.29 is 21.9 Å². The van der Waals surface area contributed by atoms with Crippen LogP contribution in [0, 0.1) is 0 Å². The number of alkyl carbamates (subject to hydrolysis) is 1. The van der Waals surface area contributed by atoms with Crippen LogP contribution in [-0.4, -0.2) is 40.1 Å². The summed E-state index contributed by atoms with van der Waals surface area (Å²) < 4.78 is 5.37. The minimum Gasteiger partial charge on any atom is -1.00 e. The average molecular weight is 389 g/mol. The summed E-state index contributed by atoms with van der Waals surface area (Å²) in [6.45, 7) is 5.54. The van der Waals surface area contributed by atoms with Crippen LogP contribution in [0.3, 0.4) is 0 Å². The molecule has 0 bridgehead atoms. The zero-order chi connectivity index (χ0) is 16.9. The average Bonchev–Trinajstić information content (AvgIpc) is 2.94. The molecule has 1 aliphatic heterocycles. The summed E-state index contributed by atoms with van der Waals surface area (Å²) in [7, 11) is 0. The molecule has 24 heavy (non-hydrogen) atoms. The number of amides is 1. The van der Waals surface area contributed by atoms with Crippen LogP contribution in [0.2, 0.25) is 0 Å². The summed E-state index contributed by atoms with van der Waals surface area (Å²) in [6, 6.07) is 9.81. The van der Waals surface area contributed by atoms with Crippen LogP contribution < -0.4 is 17.7 Å². The van der Waals surface area contributed by atoms with Gasteiger partial charge in [-0.25, -0.2) is 4.79 Å². The van der Waals surface area contributed by atoms with E-state index < -0.39 is 11.7 Å². The SMILES string of the molecule is CC(C)(C)OC(=O)N[C@@H](Cc1ccccc1)C1=[S+]CC(CCl)=N1.[Cl-]. The highest BCUT2D eigenvalue weighted by molar-refractivity contribution is 7.80. The highest BCUT2D eigenvalue weighted by atomic mass is 35.5. The van der Waals surface area contributed by atoms with Crippen molar-refractivity contribution >= 4 is 39.7 Å². The standard InChI is InChI=1S/C17H21ClN2O2S.ClH/c1-17(2,3)22-16(21)20-14(9-12-7-5-4-6-8-12)15-19-13(10-18)11-23-15;/h4-8,14H,9-11H2,1-3H3;1H/t14-;/m0./s1. The third-order valence-electron chi connectivity index (χ3n) is 3.08. The normalized spacial score (nSPS) is 15.0. The second-order valence-electron chi connectivity index (χ2n) is 6.33. The molecule has 0 saturated heterocycles. The lowest BCUT2D eigenvalue weighted by atomic mass is 10.1. The number of nitrogens with one attached hydrogen (secondary N) is 1. The molecule has 0 unspecified atom stereocenters. The van der Waals surface area contributed by atoms with Crippen LogP contribution in [0.25, 0.3) is 0 Å². The number of aliphatic imine (C=N–C) groups is 1. The van der Waals surface area contributed by atoms with Gasteiger partial charge < -0.3 is 22.5 Å². The van der Waals surface area contributed by atoms with Crippen LogP contribution in [0.15, 0.2) is 35.3 Å². The molecule has 0 spiro atoms. The molecule has 0 aromatic heterocycles. The van der Waals surface area contributed by atoms with E-state index in [2.05, 4.69) is 10.3 Å². The maximum Gasteiger partial charge on any atom is 0.408 e. The fraction of sp³-hybridized carbons (Fsp3) is 0.471. The Kier molecular flexibility index (Phi) is 8.13. The van der Waals surface area contributed by atoms with Crippen LogP contribution >= 0.6 is 11.6 Å². The summed E-state index contributed by atoms with van der Waals surface area (Å²) in [5.74, 6) is 1.20. The number of hydrogen-bond acceptors (Lipinski definition) is 3. The zero-order valence-electron chi connectivity index (χ0n) is 14.0. The summed E-state index contributed by atoms with van der Waals surface area (Å²) >= 11 is 7.48. The van der Waals surface area contributed by atoms with Gasteiger partial charge in [-0.15, -0.1) is 11.6 Å². The number of carbonyl (C=O) groups is 1. The zero-order valence-corrected chi connectivity index (χ0v) is 16.3. The van der Waals surface area contributed by atoms with E-state index in [1.807, 2.05) is 51.1 Å². The first-order valence-electron chi connectivity index (χ1n) is 7.53. The van der Waals surface area contributed by atoms with Crippen molar-refractivity contribution in [2.75, 3.05) is 11.6 Å². The molecule has 1 aromatic rings. The van der Waals surface area contributed by atoms with Gasteiger partial charge in [0, 0.05) is 6.42 Å². The summed E-state index contributed by atoms with van der Waals surface area (Å²) in [5.41, 5.74) is 1.55. The molecule has 2 rings (SSSR count). The van der Waals surface area contributed by atoms with Crippen molar-refractivity contribution in [3.05, 3.63) is 35.9 Å². The molecule has 1 atom stereocenters. The second-order valence-corrected chi connectivity index (χ2v) is 7.59. The van der Waals surface area contributed by atoms with E-state index in [0.717, 1.165) is 22.0 Å². The predicted molar refractivity (Wildman–Crippen MR) is 98.7 cm³/mol. The van der Waals surface area contributed by atoms with Gasteiger partial charge in [0.1, 0.15) is 11.6 Å². The topological polar surface area (TPSA) is 50.7 Å². The lowest BCUT2D eigenvalue weighted by Crippen LogP contribution is -3.00. The van der Waals surface area contributed by atoms with Gasteiger partial charge in [0.05, 0.1) is 11.6 Å². The molecule has 7 heteroatoms. The number of alkyl halides is 1. The van der Waals surface area contributed by atoms with E-state index in [1.165, 1.54) is 0 Å². The number of nitrogens with zero attached hydrogens (tertiary/aromatic N) is 1. The highest BCUT2D eigenvalue weighted by Gasteiger charge is 2.32. The predicted octanol–water partition coefficient (Wildman–Crippen LogP) is 0.0323. The molecule has 132 valence electrons. The molecule has 1 heterocycles. The van der Waals surface area contributed by atoms with E-state index in [0.29, 0.717) is 12.3 Å². The highest BCUT2D eigenvalue weighted by Crippen LogP contribution is 2.11. The van der Waals surface area contributed by atoms with E-state index in [4.69, 9.17) is 16.3 Å². The van der Waals surface area contributed by atoms with Crippen molar-refractivity contribution in [1.29, 1.82) is 0 Å². The van der Waals surface area contributed by atoms with Crippen molar-refractivity contribution in [3.63, 3.8) is 0 Å². The fourth-order valence-corrected chi connectivity index (χ4v) is 3.41. The fourth-order valence-electron chi connectivity index (χ4n) is 2.12. The van der Waals surface area contributed by atoms with Gasteiger partial charge in [0.15, 0.2) is 0 Å². The summed E-state index contributed by atoms with van der Waals surface area (Å²) in [6.07, 6.45) is 0.239. The molecule has 1 aromatic carbocycles. The third kappa shape index (κ3) is 6.75. The molecule has 1 aliphatic rings. The molecule has 0 radical (unpaired) electrons. The molecule has 0 saturated carbocycles. The summed E-state index contributed by atoms with van der Waals surface area (Å²) in [4.78, 5) is 17.6. The van der Waals surface area contributed by atoms with Gasteiger partial charge >= 0.3 is 11.1 Å². The van der Waals surface area contributed by atoms with Gasteiger partial charge in [-0.3, -0.25) is 0 Å². The van der Waals surface area contributed by atoms with Crippen molar-refractivity contribution in [2.24, 2.45) is 4.99 Å². The molecule has 0 aliphatic carbocycles. The van der Waals surface area contributed by atoms with Crippen molar-refractivity contribution in [3.8, 4) is 0 Å². The van der Waals surface area contributed by atoms with Crippen LogP contribution in [0.1, 0.15) is 26.3 Å². The van der Waals surface area contributed by atoms with Crippen LogP contribution in [-0.2, 0) is 22.5 Å². The first-order chi connectivity index (χ1) is 10.9. The quantitative estimate of drug-likeness (QED) is 0.439. The molecule has 1 amide bonds. The van der Waals surface area contributed by atoms with Crippen LogP contribution in [0.5, 0.6) is 0 Å². The maximum atomic E-state index is 12.1. The lowest BCUT2D eigenvalue weighted by Gasteiger charge is -2.21. The largest absolute Gasteiger partial charge is 1.00 e. The molecular weight excluding hydrogens is 367 g/mol. The molecule has 0 fully saturated rings. The molecule has 4 nitrogen and oxygen atoms in total. The molecular formula is C17H22Cl2N2O2S. The van der Waals surface area contributed by atoms with Gasteiger partial charge in [0.25, 0.3) is 0 Å². The second kappa shape index (κ2) is 9.35. The van der Waals surface area contributed by atoms with E-state index in [1.54, 1.807) is 11.4 Å². The Labute approximate surface area is 158 Å². The Hall–Kier alpha value is -1.17.